The Bertz CT molecular complexity index is 387. The van der Waals surface area contributed by atoms with E-state index in [-0.39, 0.29) is 0 Å². The van der Waals surface area contributed by atoms with Crippen LogP contribution in [-0.2, 0) is 0 Å². The maximum atomic E-state index is 10.0. The van der Waals surface area contributed by atoms with Crippen molar-refractivity contribution in [1.82, 2.24) is 10.3 Å². The quantitative estimate of drug-likeness (QED) is 0.868. The second-order valence-electron chi connectivity index (χ2n) is 4.97. The number of aliphatic hydroxyl groups excluding tert-OH is 1. The number of pyridine rings is 1. The zero-order valence-electron chi connectivity index (χ0n) is 9.71. The monoisotopic (exact) mass is 274 g/mol. The van der Waals surface area contributed by atoms with Crippen LogP contribution in [0.2, 0.25) is 10.0 Å². The minimum atomic E-state index is -0.694. The predicted octanol–water partition coefficient (Wildman–Crippen LogP) is 2.81. The average molecular weight is 275 g/mol. The molecular weight excluding hydrogens is 259 g/mol. The highest BCUT2D eigenvalue weighted by molar-refractivity contribution is 6.35. The van der Waals surface area contributed by atoms with Crippen molar-refractivity contribution in [3.05, 3.63) is 28.0 Å². The normalized spacial score (nSPS) is 19.1. The summed E-state index contributed by atoms with van der Waals surface area (Å²) >= 11 is 11.9. The maximum Gasteiger partial charge on any atom is 0.0944 e. The van der Waals surface area contributed by atoms with Gasteiger partial charge >= 0.3 is 0 Å². The van der Waals surface area contributed by atoms with Gasteiger partial charge in [0.05, 0.1) is 16.1 Å². The van der Waals surface area contributed by atoms with E-state index in [4.69, 9.17) is 23.2 Å². The molecular formula is C12H16Cl2N2O. The average Bonchev–Trinajstić information content (AvgIpc) is 2.96. The largest absolute Gasteiger partial charge is 0.387 e. The smallest absolute Gasteiger partial charge is 0.0944 e. The molecule has 0 spiro atoms. The first-order chi connectivity index (χ1) is 8.02. The van der Waals surface area contributed by atoms with Crippen LogP contribution in [0.4, 0.5) is 0 Å². The van der Waals surface area contributed by atoms with Gasteiger partial charge in [0.2, 0.25) is 0 Å². The zero-order chi connectivity index (χ0) is 12.5. The third-order valence-electron chi connectivity index (χ3n) is 3.22. The first-order valence-corrected chi connectivity index (χ1v) is 6.45. The molecule has 0 saturated heterocycles. The van der Waals surface area contributed by atoms with Gasteiger partial charge < -0.3 is 10.4 Å². The lowest BCUT2D eigenvalue weighted by molar-refractivity contribution is 0.172. The van der Waals surface area contributed by atoms with Gasteiger partial charge in [-0.2, -0.15) is 0 Å². The first kappa shape index (κ1) is 13.1. The molecule has 0 bridgehead atoms. The third kappa shape index (κ3) is 3.32. The Balaban J connectivity index is 1.92. The maximum absolute atomic E-state index is 10.0. The van der Waals surface area contributed by atoms with Crippen molar-refractivity contribution in [3.63, 3.8) is 0 Å². The van der Waals surface area contributed by atoms with Gasteiger partial charge in [0.25, 0.3) is 0 Å². The van der Waals surface area contributed by atoms with Gasteiger partial charge in [0, 0.05) is 31.0 Å². The molecule has 1 fully saturated rings. The molecule has 0 amide bonds. The Morgan fingerprint density at radius 3 is 2.53 bits per heavy atom. The lowest BCUT2D eigenvalue weighted by Gasteiger charge is -2.16. The van der Waals surface area contributed by atoms with Crippen molar-refractivity contribution >= 4 is 23.2 Å². The third-order valence-corrected chi connectivity index (χ3v) is 3.82. The number of aromatic nitrogens is 1. The van der Waals surface area contributed by atoms with E-state index in [0.29, 0.717) is 27.6 Å². The van der Waals surface area contributed by atoms with Gasteiger partial charge in [-0.1, -0.05) is 30.1 Å². The molecule has 1 atom stereocenters. The van der Waals surface area contributed by atoms with Crippen molar-refractivity contribution in [2.75, 3.05) is 13.1 Å². The van der Waals surface area contributed by atoms with E-state index in [9.17, 15) is 5.11 Å². The Morgan fingerprint density at radius 1 is 1.41 bits per heavy atom. The van der Waals surface area contributed by atoms with Crippen LogP contribution in [0, 0.1) is 5.41 Å². The molecule has 2 rings (SSSR count). The fraction of sp³-hybridized carbons (Fsp3) is 0.583. The zero-order valence-corrected chi connectivity index (χ0v) is 11.2. The molecule has 2 N–H and O–H groups in total. The van der Waals surface area contributed by atoms with Crippen molar-refractivity contribution in [3.8, 4) is 0 Å². The second kappa shape index (κ2) is 5.11. The predicted molar refractivity (Wildman–Crippen MR) is 69.4 cm³/mol. The topological polar surface area (TPSA) is 45.1 Å². The van der Waals surface area contributed by atoms with Crippen molar-refractivity contribution in [2.45, 2.75) is 25.9 Å². The van der Waals surface area contributed by atoms with Crippen LogP contribution in [0.5, 0.6) is 0 Å². The molecule has 1 saturated carbocycles. The number of hydrogen-bond donors (Lipinski definition) is 2. The van der Waals surface area contributed by atoms with Gasteiger partial charge in [0.1, 0.15) is 0 Å². The van der Waals surface area contributed by atoms with E-state index in [1.54, 1.807) is 0 Å². The highest BCUT2D eigenvalue weighted by Gasteiger charge is 2.36. The number of nitrogens with zero attached hydrogens (tertiary/aromatic N) is 1. The van der Waals surface area contributed by atoms with E-state index in [0.717, 1.165) is 6.54 Å². The number of nitrogens with one attached hydrogen (secondary N) is 1. The second-order valence-corrected chi connectivity index (χ2v) is 5.79. The fourth-order valence-corrected chi connectivity index (χ4v) is 2.36. The van der Waals surface area contributed by atoms with Gasteiger partial charge in [-0.05, 0) is 18.3 Å². The summed E-state index contributed by atoms with van der Waals surface area (Å²) in [6.45, 7) is 3.61. The lowest BCUT2D eigenvalue weighted by atomic mass is 10.1. The van der Waals surface area contributed by atoms with Crippen LogP contribution in [0.25, 0.3) is 0 Å². The van der Waals surface area contributed by atoms with Crippen LogP contribution in [0.1, 0.15) is 31.4 Å². The number of halogens is 2. The number of rotatable bonds is 5. The molecule has 94 valence electrons. The minimum absolute atomic E-state index is 0.407. The van der Waals surface area contributed by atoms with Gasteiger partial charge in [0.15, 0.2) is 0 Å². The molecule has 1 aliphatic carbocycles. The summed E-state index contributed by atoms with van der Waals surface area (Å²) < 4.78 is 0. The van der Waals surface area contributed by atoms with Crippen molar-refractivity contribution in [1.29, 1.82) is 0 Å². The minimum Gasteiger partial charge on any atom is -0.387 e. The van der Waals surface area contributed by atoms with E-state index in [1.807, 2.05) is 0 Å². The molecule has 3 nitrogen and oxygen atoms in total. The summed E-state index contributed by atoms with van der Waals surface area (Å²) in [5.41, 5.74) is 0.975. The van der Waals surface area contributed by atoms with Crippen LogP contribution in [0.15, 0.2) is 12.4 Å². The number of aliphatic hydroxyl groups is 1. The van der Waals surface area contributed by atoms with Crippen molar-refractivity contribution in [2.24, 2.45) is 5.41 Å². The van der Waals surface area contributed by atoms with Crippen molar-refractivity contribution < 1.29 is 5.11 Å². The van der Waals surface area contributed by atoms with E-state index in [1.165, 1.54) is 25.2 Å². The van der Waals surface area contributed by atoms with Crippen LogP contribution in [-0.4, -0.2) is 23.2 Å². The summed E-state index contributed by atoms with van der Waals surface area (Å²) in [7, 11) is 0. The van der Waals surface area contributed by atoms with Crippen LogP contribution >= 0.6 is 23.2 Å². The van der Waals surface area contributed by atoms with Crippen LogP contribution in [0.3, 0.4) is 0 Å². The van der Waals surface area contributed by atoms with Crippen LogP contribution < -0.4 is 5.32 Å². The van der Waals surface area contributed by atoms with Gasteiger partial charge in [-0.25, -0.2) is 0 Å². The molecule has 0 aliphatic heterocycles. The van der Waals surface area contributed by atoms with Gasteiger partial charge in [-0.3, -0.25) is 4.98 Å². The van der Waals surface area contributed by atoms with E-state index in [2.05, 4.69) is 17.2 Å². The van der Waals surface area contributed by atoms with E-state index >= 15 is 0 Å². The standard InChI is InChI=1S/C12H16Cl2N2O/c1-12(2-3-12)7-16-6-10(17)11-8(13)4-15-5-9(11)14/h4-5,10,16-17H,2-3,6-7H2,1H3. The Morgan fingerprint density at radius 2 is 2.00 bits per heavy atom. The molecule has 1 aromatic rings. The lowest BCUT2D eigenvalue weighted by Crippen LogP contribution is -2.27. The summed E-state index contributed by atoms with van der Waals surface area (Å²) in [5, 5.41) is 14.1. The molecule has 5 heteroatoms. The summed E-state index contributed by atoms with van der Waals surface area (Å²) in [5.74, 6) is 0. The Hall–Kier alpha value is -0.350. The molecule has 1 heterocycles. The first-order valence-electron chi connectivity index (χ1n) is 5.69. The van der Waals surface area contributed by atoms with E-state index < -0.39 is 6.10 Å². The Kier molecular flexibility index (Phi) is 3.93. The van der Waals surface area contributed by atoms with Gasteiger partial charge in [-0.15, -0.1) is 0 Å². The molecule has 1 unspecified atom stereocenters. The highest BCUT2D eigenvalue weighted by atomic mass is 35.5. The molecule has 0 radical (unpaired) electrons. The molecule has 0 aromatic carbocycles. The highest BCUT2D eigenvalue weighted by Crippen LogP contribution is 2.44. The summed E-state index contributed by atoms with van der Waals surface area (Å²) in [6, 6.07) is 0. The summed E-state index contributed by atoms with van der Waals surface area (Å²) in [4.78, 5) is 3.86. The fourth-order valence-electron chi connectivity index (χ4n) is 1.74. The molecule has 1 aromatic heterocycles. The number of hydrogen-bond acceptors (Lipinski definition) is 3. The summed E-state index contributed by atoms with van der Waals surface area (Å²) in [6.07, 6.45) is 4.81. The Labute approximate surface area is 111 Å². The SMILES string of the molecule is CC1(CNCC(O)c2c(Cl)cncc2Cl)CC1. The molecule has 17 heavy (non-hydrogen) atoms. The molecule has 1 aliphatic rings.